The van der Waals surface area contributed by atoms with Crippen molar-refractivity contribution in [2.75, 3.05) is 42.5 Å². The molecule has 1 aromatic heterocycles. The number of hydrogen-bond donors (Lipinski definition) is 0. The van der Waals surface area contributed by atoms with Crippen molar-refractivity contribution < 1.29 is 18.0 Å². The molecule has 1 aromatic carbocycles. The average molecular weight is 404 g/mol. The summed E-state index contributed by atoms with van der Waals surface area (Å²) < 4.78 is 38.1. The zero-order valence-corrected chi connectivity index (χ0v) is 16.2. The van der Waals surface area contributed by atoms with Crippen LogP contribution in [-0.4, -0.2) is 54.6 Å². The number of piperazine rings is 1. The largest absolute Gasteiger partial charge is 0.417 e. The van der Waals surface area contributed by atoms with Gasteiger partial charge in [0.15, 0.2) is 0 Å². The minimum Gasteiger partial charge on any atom is -0.354 e. The molecule has 0 N–H and O–H groups in total. The van der Waals surface area contributed by atoms with Crippen LogP contribution in [0, 0.1) is 0 Å². The van der Waals surface area contributed by atoms with Crippen LogP contribution < -0.4 is 9.80 Å². The first-order valence-electron chi connectivity index (χ1n) is 9.73. The van der Waals surface area contributed by atoms with Crippen molar-refractivity contribution in [3.63, 3.8) is 0 Å². The van der Waals surface area contributed by atoms with Crippen LogP contribution in [-0.2, 0) is 17.4 Å². The first-order valence-corrected chi connectivity index (χ1v) is 9.73. The van der Waals surface area contributed by atoms with Gasteiger partial charge in [0.2, 0.25) is 5.91 Å². The predicted octanol–water partition coefficient (Wildman–Crippen LogP) is 3.20. The van der Waals surface area contributed by atoms with E-state index in [0.29, 0.717) is 38.5 Å². The summed E-state index contributed by atoms with van der Waals surface area (Å²) >= 11 is 0. The standard InChI is InChI=1S/C21H23F3N4O/c1-15-12-16-4-2-3-5-18(16)28(15)20(29)14-26-8-10-27(11-9-26)19-7-6-17(13-25-19)21(22,23)24/h2-7,13,15H,8-12,14H2,1H3/t15-/m0/s1. The second-order valence-corrected chi connectivity index (χ2v) is 7.61. The fraction of sp³-hybridized carbons (Fsp3) is 0.429. The molecule has 2 aliphatic heterocycles. The van der Waals surface area contributed by atoms with Crippen molar-refractivity contribution in [1.29, 1.82) is 0 Å². The molecular formula is C21H23F3N4O. The van der Waals surface area contributed by atoms with Gasteiger partial charge in [0.1, 0.15) is 5.82 Å². The Kier molecular flexibility index (Phi) is 5.21. The second kappa shape index (κ2) is 7.67. The Morgan fingerprint density at radius 3 is 2.48 bits per heavy atom. The predicted molar refractivity (Wildman–Crippen MR) is 105 cm³/mol. The van der Waals surface area contributed by atoms with Gasteiger partial charge in [-0.3, -0.25) is 9.69 Å². The zero-order chi connectivity index (χ0) is 20.6. The van der Waals surface area contributed by atoms with E-state index in [1.165, 1.54) is 11.6 Å². The summed E-state index contributed by atoms with van der Waals surface area (Å²) in [5.74, 6) is 0.620. The number of aromatic nitrogens is 1. The Hall–Kier alpha value is -2.61. The molecule has 1 saturated heterocycles. The molecule has 0 aliphatic carbocycles. The number of carbonyl (C=O) groups excluding carboxylic acids is 1. The van der Waals surface area contributed by atoms with Gasteiger partial charge >= 0.3 is 6.18 Å². The summed E-state index contributed by atoms with van der Waals surface area (Å²) in [5.41, 5.74) is 1.45. The second-order valence-electron chi connectivity index (χ2n) is 7.61. The fourth-order valence-electron chi connectivity index (χ4n) is 4.09. The minimum absolute atomic E-state index is 0.0866. The lowest BCUT2D eigenvalue weighted by Gasteiger charge is -2.36. The van der Waals surface area contributed by atoms with Gasteiger partial charge in [-0.05, 0) is 37.1 Å². The first-order chi connectivity index (χ1) is 13.8. The topological polar surface area (TPSA) is 39.7 Å². The lowest BCUT2D eigenvalue weighted by molar-refractivity contribution is -0.137. The number of hydrogen-bond acceptors (Lipinski definition) is 4. The van der Waals surface area contributed by atoms with E-state index in [1.54, 1.807) is 0 Å². The number of nitrogens with zero attached hydrogens (tertiary/aromatic N) is 4. The highest BCUT2D eigenvalue weighted by atomic mass is 19.4. The van der Waals surface area contributed by atoms with Gasteiger partial charge in [0.05, 0.1) is 12.1 Å². The molecule has 0 spiro atoms. The van der Waals surface area contributed by atoms with Gasteiger partial charge in [0.25, 0.3) is 0 Å². The number of alkyl halides is 3. The van der Waals surface area contributed by atoms with Gasteiger partial charge in [-0.15, -0.1) is 0 Å². The average Bonchev–Trinajstić information content (AvgIpc) is 3.04. The SMILES string of the molecule is C[C@H]1Cc2ccccc2N1C(=O)CN1CCN(c2ccc(C(F)(F)F)cn2)CC1. The Balaban J connectivity index is 1.34. The van der Waals surface area contributed by atoms with Crippen LogP contribution in [0.3, 0.4) is 0 Å². The normalized spacial score (nSPS) is 20.1. The molecule has 2 aliphatic rings. The molecule has 0 unspecified atom stereocenters. The van der Waals surface area contributed by atoms with Gasteiger partial charge in [0, 0.05) is 44.1 Å². The van der Waals surface area contributed by atoms with Crippen LogP contribution in [0.25, 0.3) is 0 Å². The number of fused-ring (bicyclic) bond motifs is 1. The van der Waals surface area contributed by atoms with Crippen LogP contribution in [0.4, 0.5) is 24.7 Å². The molecular weight excluding hydrogens is 381 g/mol. The monoisotopic (exact) mass is 404 g/mol. The minimum atomic E-state index is -4.38. The quantitative estimate of drug-likeness (QED) is 0.788. The molecule has 8 heteroatoms. The Morgan fingerprint density at radius 2 is 1.83 bits per heavy atom. The smallest absolute Gasteiger partial charge is 0.354 e. The molecule has 154 valence electrons. The summed E-state index contributed by atoms with van der Waals surface area (Å²) in [6.45, 7) is 4.98. The van der Waals surface area contributed by atoms with Gasteiger partial charge in [-0.25, -0.2) is 4.98 Å². The molecule has 29 heavy (non-hydrogen) atoms. The number of carbonyl (C=O) groups is 1. The van der Waals surface area contributed by atoms with E-state index in [2.05, 4.69) is 22.9 Å². The highest BCUT2D eigenvalue weighted by Gasteiger charge is 2.33. The van der Waals surface area contributed by atoms with Crippen molar-refractivity contribution in [3.8, 4) is 0 Å². The maximum atomic E-state index is 12.9. The fourth-order valence-corrected chi connectivity index (χ4v) is 4.09. The molecule has 3 heterocycles. The number of anilines is 2. The third-order valence-corrected chi connectivity index (χ3v) is 5.61. The summed E-state index contributed by atoms with van der Waals surface area (Å²) in [6, 6.07) is 10.6. The molecule has 1 amide bonds. The van der Waals surface area contributed by atoms with Crippen LogP contribution >= 0.6 is 0 Å². The molecule has 5 nitrogen and oxygen atoms in total. The van der Waals surface area contributed by atoms with Crippen LogP contribution in [0.1, 0.15) is 18.1 Å². The highest BCUT2D eigenvalue weighted by molar-refractivity contribution is 5.97. The summed E-state index contributed by atoms with van der Waals surface area (Å²) in [6.07, 6.45) is -2.64. The maximum absolute atomic E-state index is 12.9. The lowest BCUT2D eigenvalue weighted by Crippen LogP contribution is -2.51. The van der Waals surface area contributed by atoms with Crippen molar-refractivity contribution >= 4 is 17.4 Å². The van der Waals surface area contributed by atoms with E-state index in [4.69, 9.17) is 0 Å². The molecule has 1 atom stereocenters. The van der Waals surface area contributed by atoms with Crippen LogP contribution in [0.15, 0.2) is 42.6 Å². The molecule has 0 saturated carbocycles. The number of halogens is 3. The molecule has 4 rings (SSSR count). The number of amides is 1. The molecule has 1 fully saturated rings. The zero-order valence-electron chi connectivity index (χ0n) is 16.2. The highest BCUT2D eigenvalue weighted by Crippen LogP contribution is 2.32. The molecule has 2 aromatic rings. The van der Waals surface area contributed by atoms with Gasteiger partial charge in [-0.1, -0.05) is 18.2 Å². The lowest BCUT2D eigenvalue weighted by atomic mass is 10.1. The van der Waals surface area contributed by atoms with Crippen LogP contribution in [0.5, 0.6) is 0 Å². The van der Waals surface area contributed by atoms with Gasteiger partial charge < -0.3 is 9.80 Å². The maximum Gasteiger partial charge on any atom is 0.417 e. The number of rotatable bonds is 3. The number of para-hydroxylation sites is 1. The molecule has 0 radical (unpaired) electrons. The third kappa shape index (κ3) is 4.07. The Bertz CT molecular complexity index is 876. The third-order valence-electron chi connectivity index (χ3n) is 5.61. The van der Waals surface area contributed by atoms with Crippen molar-refractivity contribution in [2.45, 2.75) is 25.6 Å². The van der Waals surface area contributed by atoms with Crippen molar-refractivity contribution in [3.05, 3.63) is 53.7 Å². The van der Waals surface area contributed by atoms with E-state index in [0.717, 1.165) is 24.4 Å². The summed E-state index contributed by atoms with van der Waals surface area (Å²) in [7, 11) is 0. The first kappa shape index (κ1) is 19.7. The van der Waals surface area contributed by atoms with E-state index in [9.17, 15) is 18.0 Å². The number of benzene rings is 1. The van der Waals surface area contributed by atoms with Crippen LogP contribution in [0.2, 0.25) is 0 Å². The Morgan fingerprint density at radius 1 is 1.10 bits per heavy atom. The van der Waals surface area contributed by atoms with E-state index in [-0.39, 0.29) is 11.9 Å². The van der Waals surface area contributed by atoms with E-state index >= 15 is 0 Å². The van der Waals surface area contributed by atoms with E-state index < -0.39 is 11.7 Å². The van der Waals surface area contributed by atoms with Crippen molar-refractivity contribution in [2.24, 2.45) is 0 Å². The van der Waals surface area contributed by atoms with Crippen molar-refractivity contribution in [1.82, 2.24) is 9.88 Å². The van der Waals surface area contributed by atoms with E-state index in [1.807, 2.05) is 28.0 Å². The summed E-state index contributed by atoms with van der Waals surface area (Å²) in [4.78, 5) is 22.8. The van der Waals surface area contributed by atoms with Gasteiger partial charge in [-0.2, -0.15) is 13.2 Å². The summed E-state index contributed by atoms with van der Waals surface area (Å²) in [5, 5.41) is 0. The Labute approximate surface area is 167 Å². The molecule has 0 bridgehead atoms. The number of pyridine rings is 1.